The Labute approximate surface area is 150 Å². The van der Waals surface area contributed by atoms with Crippen molar-refractivity contribution in [2.24, 2.45) is 7.05 Å². The smallest absolute Gasteiger partial charge is 0.251 e. The van der Waals surface area contributed by atoms with E-state index in [9.17, 15) is 4.79 Å². The highest BCUT2D eigenvalue weighted by Crippen LogP contribution is 2.27. The summed E-state index contributed by atoms with van der Waals surface area (Å²) in [6.45, 7) is 5.84. The monoisotopic (exact) mass is 343 g/mol. The largest absolute Gasteiger partial charge is 0.363 e. The number of anilines is 1. The summed E-state index contributed by atoms with van der Waals surface area (Å²) in [7, 11) is 7.72. The van der Waals surface area contributed by atoms with Crippen molar-refractivity contribution in [1.82, 2.24) is 20.4 Å². The van der Waals surface area contributed by atoms with Gasteiger partial charge in [0.05, 0.1) is 5.69 Å². The first-order valence-electron chi connectivity index (χ1n) is 8.60. The van der Waals surface area contributed by atoms with E-state index in [-0.39, 0.29) is 5.91 Å². The van der Waals surface area contributed by atoms with Gasteiger partial charge in [0, 0.05) is 52.4 Å². The predicted octanol–water partition coefficient (Wildman–Crippen LogP) is 2.26. The average molecular weight is 343 g/mol. The van der Waals surface area contributed by atoms with Crippen molar-refractivity contribution in [2.75, 3.05) is 26.0 Å². The van der Waals surface area contributed by atoms with E-state index in [0.29, 0.717) is 11.5 Å². The van der Waals surface area contributed by atoms with Gasteiger partial charge in [-0.2, -0.15) is 5.10 Å². The van der Waals surface area contributed by atoms with E-state index >= 15 is 0 Å². The van der Waals surface area contributed by atoms with E-state index in [4.69, 9.17) is 0 Å². The lowest BCUT2D eigenvalue weighted by molar-refractivity contribution is 0.0963. The lowest BCUT2D eigenvalue weighted by Gasteiger charge is -2.16. The van der Waals surface area contributed by atoms with Crippen LogP contribution in [0, 0.1) is 0 Å². The van der Waals surface area contributed by atoms with Crippen molar-refractivity contribution >= 4 is 11.7 Å². The van der Waals surface area contributed by atoms with Gasteiger partial charge in [-0.1, -0.05) is 26.0 Å². The van der Waals surface area contributed by atoms with Crippen LogP contribution >= 0.6 is 0 Å². The second-order valence-electron chi connectivity index (χ2n) is 6.74. The zero-order chi connectivity index (χ0) is 18.6. The summed E-state index contributed by atoms with van der Waals surface area (Å²) in [5.74, 6) is 1.45. The molecule has 0 aliphatic heterocycles. The summed E-state index contributed by atoms with van der Waals surface area (Å²) >= 11 is 0. The van der Waals surface area contributed by atoms with Crippen LogP contribution in [0.4, 0.5) is 5.82 Å². The number of carbonyl (C=O) groups excluding carboxylic acids is 1. The highest BCUT2D eigenvalue weighted by atomic mass is 16.1. The number of aryl methyl sites for hydroxylation is 1. The zero-order valence-electron chi connectivity index (χ0n) is 16.1. The number of benzene rings is 1. The minimum Gasteiger partial charge on any atom is -0.363 e. The van der Waals surface area contributed by atoms with Gasteiger partial charge in [0.25, 0.3) is 5.91 Å². The van der Waals surface area contributed by atoms with Crippen molar-refractivity contribution < 1.29 is 4.79 Å². The van der Waals surface area contributed by atoms with E-state index in [0.717, 1.165) is 30.2 Å². The second kappa shape index (κ2) is 8.16. The molecule has 136 valence electrons. The van der Waals surface area contributed by atoms with Crippen molar-refractivity contribution in [3.05, 3.63) is 46.6 Å². The van der Waals surface area contributed by atoms with Crippen molar-refractivity contribution in [3.63, 3.8) is 0 Å². The van der Waals surface area contributed by atoms with Gasteiger partial charge in [-0.3, -0.25) is 9.48 Å². The quantitative estimate of drug-likeness (QED) is 0.809. The maximum Gasteiger partial charge on any atom is 0.251 e. The third kappa shape index (κ3) is 4.39. The Kier molecular flexibility index (Phi) is 6.20. The molecule has 25 heavy (non-hydrogen) atoms. The molecule has 1 aromatic carbocycles. The van der Waals surface area contributed by atoms with Crippen LogP contribution in [0.15, 0.2) is 24.3 Å². The molecule has 6 nitrogen and oxygen atoms in total. The molecule has 0 atom stereocenters. The number of nitrogens with zero attached hydrogens (tertiary/aromatic N) is 3. The second-order valence-corrected chi connectivity index (χ2v) is 6.74. The molecule has 0 spiro atoms. The van der Waals surface area contributed by atoms with Crippen LogP contribution in [0.2, 0.25) is 0 Å². The fourth-order valence-electron chi connectivity index (χ4n) is 3.02. The first-order chi connectivity index (χ1) is 11.8. The molecule has 0 aliphatic rings. The Balaban J connectivity index is 2.07. The van der Waals surface area contributed by atoms with Gasteiger partial charge in [0.2, 0.25) is 0 Å². The van der Waals surface area contributed by atoms with Gasteiger partial charge in [-0.05, 0) is 23.6 Å². The molecule has 0 radical (unpaired) electrons. The van der Waals surface area contributed by atoms with Crippen molar-refractivity contribution in [3.8, 4) is 0 Å². The zero-order valence-corrected chi connectivity index (χ0v) is 16.1. The fourth-order valence-corrected chi connectivity index (χ4v) is 3.02. The van der Waals surface area contributed by atoms with Gasteiger partial charge in [0.1, 0.15) is 5.82 Å². The fraction of sp³-hybridized carbons (Fsp3) is 0.474. The Bertz CT molecular complexity index is 716. The molecule has 0 unspecified atom stereocenters. The third-order valence-corrected chi connectivity index (χ3v) is 4.19. The van der Waals surface area contributed by atoms with Crippen LogP contribution in [0.5, 0.6) is 0 Å². The minimum atomic E-state index is -0.0629. The molecule has 2 rings (SSSR count). The number of aromatic nitrogens is 2. The predicted molar refractivity (Wildman–Crippen MR) is 102 cm³/mol. The highest BCUT2D eigenvalue weighted by Gasteiger charge is 2.19. The molecule has 2 N–H and O–H groups in total. The Hall–Kier alpha value is -2.34. The molecule has 2 aromatic rings. The van der Waals surface area contributed by atoms with E-state index in [2.05, 4.69) is 34.5 Å². The lowest BCUT2D eigenvalue weighted by atomic mass is 10.1. The summed E-state index contributed by atoms with van der Waals surface area (Å²) in [4.78, 5) is 13.7. The SMILES string of the molecule is CNC(=O)c1ccc(CNCc2c(C(C)C)nn(C)c2N(C)C)cc1. The summed E-state index contributed by atoms with van der Waals surface area (Å²) < 4.78 is 1.95. The van der Waals surface area contributed by atoms with Crippen LogP contribution in [-0.4, -0.2) is 36.8 Å². The molecular weight excluding hydrogens is 314 g/mol. The van der Waals surface area contributed by atoms with Crippen LogP contribution in [-0.2, 0) is 20.1 Å². The lowest BCUT2D eigenvalue weighted by Crippen LogP contribution is -2.19. The van der Waals surface area contributed by atoms with Crippen LogP contribution in [0.25, 0.3) is 0 Å². The molecule has 1 amide bonds. The normalized spacial score (nSPS) is 11.0. The van der Waals surface area contributed by atoms with E-state index < -0.39 is 0 Å². The van der Waals surface area contributed by atoms with E-state index in [1.807, 2.05) is 50.1 Å². The standard InChI is InChI=1S/C19H29N5O/c1-13(2)17-16(19(23(4)5)24(6)22-17)12-21-11-14-7-9-15(10-8-14)18(25)20-3/h7-10,13,21H,11-12H2,1-6H3,(H,20,25). The minimum absolute atomic E-state index is 0.0629. The van der Waals surface area contributed by atoms with E-state index in [1.165, 1.54) is 5.56 Å². The topological polar surface area (TPSA) is 62.2 Å². The third-order valence-electron chi connectivity index (χ3n) is 4.19. The maximum absolute atomic E-state index is 11.6. The number of amides is 1. The van der Waals surface area contributed by atoms with Gasteiger partial charge in [-0.25, -0.2) is 0 Å². The van der Waals surface area contributed by atoms with Crippen LogP contribution < -0.4 is 15.5 Å². The van der Waals surface area contributed by atoms with Crippen molar-refractivity contribution in [2.45, 2.75) is 32.9 Å². The molecular formula is C19H29N5O. The summed E-state index contributed by atoms with van der Waals surface area (Å²) in [5.41, 5.74) is 4.20. The Morgan fingerprint density at radius 1 is 1.20 bits per heavy atom. The molecule has 0 aliphatic carbocycles. The molecule has 0 saturated heterocycles. The molecule has 6 heteroatoms. The van der Waals surface area contributed by atoms with Gasteiger partial charge >= 0.3 is 0 Å². The average Bonchev–Trinajstić information content (AvgIpc) is 2.91. The summed E-state index contributed by atoms with van der Waals surface area (Å²) in [6.07, 6.45) is 0. The molecule has 0 fully saturated rings. The van der Waals surface area contributed by atoms with Crippen molar-refractivity contribution in [1.29, 1.82) is 0 Å². The number of nitrogens with one attached hydrogen (secondary N) is 2. The number of hydrogen-bond acceptors (Lipinski definition) is 4. The van der Waals surface area contributed by atoms with E-state index in [1.54, 1.807) is 7.05 Å². The summed E-state index contributed by atoms with van der Waals surface area (Å²) in [5, 5.41) is 10.8. The molecule has 1 aromatic heterocycles. The highest BCUT2D eigenvalue weighted by molar-refractivity contribution is 5.93. The maximum atomic E-state index is 11.6. The first-order valence-corrected chi connectivity index (χ1v) is 8.60. The van der Waals surface area contributed by atoms with Crippen LogP contribution in [0.1, 0.15) is 46.9 Å². The molecule has 1 heterocycles. The Morgan fingerprint density at radius 3 is 2.36 bits per heavy atom. The first kappa shape index (κ1) is 19.0. The number of rotatable bonds is 7. The Morgan fingerprint density at radius 2 is 1.84 bits per heavy atom. The molecule has 0 saturated carbocycles. The number of carbonyl (C=O) groups is 1. The number of hydrogen-bond donors (Lipinski definition) is 2. The van der Waals surface area contributed by atoms with Gasteiger partial charge < -0.3 is 15.5 Å². The van der Waals surface area contributed by atoms with Gasteiger partial charge in [-0.15, -0.1) is 0 Å². The molecule has 0 bridgehead atoms. The van der Waals surface area contributed by atoms with Crippen LogP contribution in [0.3, 0.4) is 0 Å². The summed E-state index contributed by atoms with van der Waals surface area (Å²) in [6, 6.07) is 7.67. The van der Waals surface area contributed by atoms with Gasteiger partial charge in [0.15, 0.2) is 0 Å².